The Hall–Kier alpha value is -2.57. The normalized spacial score (nSPS) is 15.0. The number of methoxy groups -OCH3 is 1. The smallest absolute Gasteiger partial charge is 0.407 e. The van der Waals surface area contributed by atoms with E-state index in [0.29, 0.717) is 25.2 Å². The molecule has 1 aliphatic rings. The van der Waals surface area contributed by atoms with E-state index in [2.05, 4.69) is 4.74 Å². The minimum Gasteiger partial charge on any atom is -0.465 e. The summed E-state index contributed by atoms with van der Waals surface area (Å²) in [7, 11) is 1.32. The summed E-state index contributed by atoms with van der Waals surface area (Å²) >= 11 is 0. The fourth-order valence-electron chi connectivity index (χ4n) is 2.12. The first-order valence-electron chi connectivity index (χ1n) is 6.44. The summed E-state index contributed by atoms with van der Waals surface area (Å²) < 4.78 is 4.61. The summed E-state index contributed by atoms with van der Waals surface area (Å²) in [5.41, 5.74) is 1.32. The molecule has 1 aromatic carbocycles. The van der Waals surface area contributed by atoms with Crippen LogP contribution in [0.3, 0.4) is 0 Å². The monoisotopic (exact) mass is 292 g/mol. The molecule has 21 heavy (non-hydrogen) atoms. The van der Waals surface area contributed by atoms with E-state index >= 15 is 0 Å². The number of nitrogens with zero attached hydrogens (tertiary/aromatic N) is 2. The highest BCUT2D eigenvalue weighted by molar-refractivity contribution is 5.89. The lowest BCUT2D eigenvalue weighted by Crippen LogP contribution is -2.51. The van der Waals surface area contributed by atoms with Gasteiger partial charge < -0.3 is 14.7 Å². The Morgan fingerprint density at radius 3 is 2.43 bits per heavy atom. The lowest BCUT2D eigenvalue weighted by Gasteiger charge is -2.32. The third kappa shape index (κ3) is 3.50. The number of carbonyl (C=O) groups is 3. The van der Waals surface area contributed by atoms with Gasteiger partial charge in [-0.25, -0.2) is 9.59 Å². The van der Waals surface area contributed by atoms with Crippen molar-refractivity contribution in [3.05, 3.63) is 35.4 Å². The molecule has 2 rings (SSSR count). The highest BCUT2D eigenvalue weighted by Gasteiger charge is 2.26. The van der Waals surface area contributed by atoms with Gasteiger partial charge in [-0.2, -0.15) is 0 Å². The molecule has 0 atom stereocenters. The number of piperazine rings is 1. The van der Waals surface area contributed by atoms with Crippen molar-refractivity contribution >= 4 is 18.0 Å². The molecule has 0 bridgehead atoms. The van der Waals surface area contributed by atoms with Crippen molar-refractivity contribution in [3.8, 4) is 0 Å². The Labute approximate surface area is 121 Å². The second kappa shape index (κ2) is 6.25. The fraction of sp³-hybridized carbons (Fsp3) is 0.357. The van der Waals surface area contributed by atoms with Crippen LogP contribution in [0.1, 0.15) is 15.9 Å². The highest BCUT2D eigenvalue weighted by Crippen LogP contribution is 2.11. The van der Waals surface area contributed by atoms with Gasteiger partial charge in [0.25, 0.3) is 0 Å². The zero-order chi connectivity index (χ0) is 15.4. The fourth-order valence-corrected chi connectivity index (χ4v) is 2.12. The van der Waals surface area contributed by atoms with Crippen molar-refractivity contribution in [3.63, 3.8) is 0 Å². The summed E-state index contributed by atoms with van der Waals surface area (Å²) in [5, 5.41) is 8.85. The molecule has 0 radical (unpaired) electrons. The van der Waals surface area contributed by atoms with Crippen molar-refractivity contribution in [2.75, 3.05) is 26.7 Å². The average molecular weight is 292 g/mol. The van der Waals surface area contributed by atoms with Crippen LogP contribution >= 0.6 is 0 Å². The largest absolute Gasteiger partial charge is 0.465 e. The maximum absolute atomic E-state index is 11.9. The molecule has 0 saturated carbocycles. The molecule has 7 nitrogen and oxygen atoms in total. The molecule has 1 saturated heterocycles. The van der Waals surface area contributed by atoms with Crippen LogP contribution < -0.4 is 0 Å². The van der Waals surface area contributed by atoms with Crippen molar-refractivity contribution < 1.29 is 24.2 Å². The second-order valence-electron chi connectivity index (χ2n) is 4.71. The van der Waals surface area contributed by atoms with E-state index in [1.807, 2.05) is 0 Å². The van der Waals surface area contributed by atoms with Gasteiger partial charge in [0.2, 0.25) is 5.91 Å². The first kappa shape index (κ1) is 14.8. The Bertz CT molecular complexity index is 555. The van der Waals surface area contributed by atoms with Crippen LogP contribution in [-0.4, -0.2) is 59.6 Å². The van der Waals surface area contributed by atoms with Gasteiger partial charge in [-0.05, 0) is 17.7 Å². The Morgan fingerprint density at radius 2 is 1.90 bits per heavy atom. The van der Waals surface area contributed by atoms with Crippen LogP contribution in [-0.2, 0) is 16.1 Å². The topological polar surface area (TPSA) is 87.2 Å². The SMILES string of the molecule is COC(=O)c1ccc(CN2CCN(C(=O)O)CC2=O)cc1. The molecule has 112 valence electrons. The zero-order valence-electron chi connectivity index (χ0n) is 11.6. The number of carboxylic acid groups (broad SMARTS) is 1. The lowest BCUT2D eigenvalue weighted by atomic mass is 10.1. The molecule has 2 amide bonds. The molecule has 0 aliphatic carbocycles. The molecule has 0 unspecified atom stereocenters. The molecule has 1 heterocycles. The van der Waals surface area contributed by atoms with Gasteiger partial charge in [0.1, 0.15) is 6.54 Å². The lowest BCUT2D eigenvalue weighted by molar-refractivity contribution is -0.135. The molecule has 1 aliphatic heterocycles. The van der Waals surface area contributed by atoms with Gasteiger partial charge in [-0.1, -0.05) is 12.1 Å². The van der Waals surface area contributed by atoms with Crippen LogP contribution in [0.25, 0.3) is 0 Å². The quantitative estimate of drug-likeness (QED) is 0.832. The van der Waals surface area contributed by atoms with Crippen LogP contribution in [0.4, 0.5) is 4.79 Å². The minimum atomic E-state index is -1.08. The highest BCUT2D eigenvalue weighted by atomic mass is 16.5. The van der Waals surface area contributed by atoms with Crippen LogP contribution in [0.2, 0.25) is 0 Å². The standard InChI is InChI=1S/C14H16N2O5/c1-21-13(18)11-4-2-10(3-5-11)8-15-6-7-16(14(19)20)9-12(15)17/h2-5H,6-9H2,1H3,(H,19,20). The van der Waals surface area contributed by atoms with E-state index in [4.69, 9.17) is 5.11 Å². The van der Waals surface area contributed by atoms with Gasteiger partial charge in [0, 0.05) is 19.6 Å². The molecular weight excluding hydrogens is 276 g/mol. The minimum absolute atomic E-state index is 0.115. The van der Waals surface area contributed by atoms with Gasteiger partial charge in [0.05, 0.1) is 12.7 Å². The number of esters is 1. The van der Waals surface area contributed by atoms with E-state index in [1.165, 1.54) is 7.11 Å². The van der Waals surface area contributed by atoms with E-state index in [0.717, 1.165) is 10.5 Å². The molecule has 7 heteroatoms. The van der Waals surface area contributed by atoms with Crippen molar-refractivity contribution in [2.24, 2.45) is 0 Å². The van der Waals surface area contributed by atoms with Gasteiger partial charge in [-0.3, -0.25) is 9.69 Å². The second-order valence-corrected chi connectivity index (χ2v) is 4.71. The average Bonchev–Trinajstić information content (AvgIpc) is 2.49. The summed E-state index contributed by atoms with van der Waals surface area (Å²) in [5.74, 6) is -0.631. The van der Waals surface area contributed by atoms with E-state index in [1.54, 1.807) is 29.2 Å². The first-order chi connectivity index (χ1) is 10.0. The van der Waals surface area contributed by atoms with Gasteiger partial charge >= 0.3 is 12.1 Å². The molecular formula is C14H16N2O5. The summed E-state index contributed by atoms with van der Waals surface area (Å²) in [6, 6.07) is 6.78. The zero-order valence-corrected chi connectivity index (χ0v) is 11.6. The maximum Gasteiger partial charge on any atom is 0.407 e. The van der Waals surface area contributed by atoms with E-state index < -0.39 is 12.1 Å². The third-order valence-corrected chi connectivity index (χ3v) is 3.34. The predicted molar refractivity (Wildman–Crippen MR) is 72.8 cm³/mol. The molecule has 0 aromatic heterocycles. The number of ether oxygens (including phenoxy) is 1. The Balaban J connectivity index is 1.98. The maximum atomic E-state index is 11.9. The van der Waals surface area contributed by atoms with Crippen LogP contribution in [0, 0.1) is 0 Å². The third-order valence-electron chi connectivity index (χ3n) is 3.34. The van der Waals surface area contributed by atoms with Crippen LogP contribution in [0.15, 0.2) is 24.3 Å². The Morgan fingerprint density at radius 1 is 1.24 bits per heavy atom. The van der Waals surface area contributed by atoms with E-state index in [-0.39, 0.29) is 12.5 Å². The number of hydrogen-bond donors (Lipinski definition) is 1. The first-order valence-corrected chi connectivity index (χ1v) is 6.44. The van der Waals surface area contributed by atoms with Crippen molar-refractivity contribution in [2.45, 2.75) is 6.54 Å². The Kier molecular flexibility index (Phi) is 4.42. The molecule has 1 aromatic rings. The summed E-state index contributed by atoms with van der Waals surface area (Å²) in [6.45, 7) is 0.953. The molecule has 0 spiro atoms. The predicted octanol–water partition coefficient (Wildman–Crippen LogP) is 0.795. The number of benzene rings is 1. The van der Waals surface area contributed by atoms with Crippen molar-refractivity contribution in [1.82, 2.24) is 9.80 Å². The van der Waals surface area contributed by atoms with Crippen LogP contribution in [0.5, 0.6) is 0 Å². The van der Waals surface area contributed by atoms with Gasteiger partial charge in [0.15, 0.2) is 0 Å². The number of rotatable bonds is 3. The number of carbonyl (C=O) groups excluding carboxylic acids is 2. The van der Waals surface area contributed by atoms with Crippen molar-refractivity contribution in [1.29, 1.82) is 0 Å². The molecule has 1 N–H and O–H groups in total. The number of amides is 2. The van der Waals surface area contributed by atoms with Gasteiger partial charge in [-0.15, -0.1) is 0 Å². The summed E-state index contributed by atoms with van der Waals surface area (Å²) in [6.07, 6.45) is -1.08. The molecule has 1 fully saturated rings. The van der Waals surface area contributed by atoms with E-state index in [9.17, 15) is 14.4 Å². The summed E-state index contributed by atoms with van der Waals surface area (Å²) in [4.78, 5) is 36.7. The number of hydrogen-bond acceptors (Lipinski definition) is 4.